The van der Waals surface area contributed by atoms with Gasteiger partial charge in [-0.3, -0.25) is 9.48 Å². The number of hydrogen-bond donors (Lipinski definition) is 1. The maximum absolute atomic E-state index is 13.0. The lowest BCUT2D eigenvalue weighted by Crippen LogP contribution is -2.34. The smallest absolute Gasteiger partial charge is 0.393 e. The quantitative estimate of drug-likeness (QED) is 0.870. The van der Waals surface area contributed by atoms with E-state index in [2.05, 4.69) is 5.10 Å². The third-order valence-electron chi connectivity index (χ3n) is 4.06. The molecular weight excluding hydrogens is 339 g/mol. The number of halogens is 3. The first-order chi connectivity index (χ1) is 10.4. The summed E-state index contributed by atoms with van der Waals surface area (Å²) in [7, 11) is -2.73. The Morgan fingerprint density at radius 3 is 2.22 bits per heavy atom. The molecule has 1 saturated heterocycles. The van der Waals surface area contributed by atoms with Crippen LogP contribution in [-0.4, -0.2) is 52.8 Å². The van der Waals surface area contributed by atoms with E-state index >= 15 is 0 Å². The Morgan fingerprint density at radius 2 is 1.87 bits per heavy atom. The SMILES string of the molecule is Cc1nn(C)c(C)c1S(=O)(=O)N1C[C@@H](C(F)(F)F)[C@H](C(=O)O)C1. The molecule has 0 amide bonds. The van der Waals surface area contributed by atoms with Crippen molar-refractivity contribution < 1.29 is 31.5 Å². The fourth-order valence-electron chi connectivity index (χ4n) is 2.80. The largest absolute Gasteiger partial charge is 0.481 e. The van der Waals surface area contributed by atoms with Crippen molar-refractivity contribution in [2.24, 2.45) is 18.9 Å². The van der Waals surface area contributed by atoms with Crippen LogP contribution < -0.4 is 0 Å². The second kappa shape index (κ2) is 5.48. The molecule has 2 heterocycles. The Hall–Kier alpha value is -1.62. The predicted molar refractivity (Wildman–Crippen MR) is 72.1 cm³/mol. The summed E-state index contributed by atoms with van der Waals surface area (Å²) >= 11 is 0. The molecule has 1 aromatic rings. The number of aryl methyl sites for hydroxylation is 2. The van der Waals surface area contributed by atoms with E-state index in [1.807, 2.05) is 0 Å². The Balaban J connectivity index is 2.44. The van der Waals surface area contributed by atoms with Gasteiger partial charge in [-0.1, -0.05) is 0 Å². The second-order valence-electron chi connectivity index (χ2n) is 5.54. The molecule has 0 radical (unpaired) electrons. The fraction of sp³-hybridized carbons (Fsp3) is 0.667. The first kappa shape index (κ1) is 17.7. The Bertz CT molecular complexity index is 741. The zero-order chi connectivity index (χ0) is 17.7. The normalized spacial score (nSPS) is 23.4. The lowest BCUT2D eigenvalue weighted by molar-refractivity contribution is -0.187. The van der Waals surface area contributed by atoms with Crippen LogP contribution in [0.3, 0.4) is 0 Å². The van der Waals surface area contributed by atoms with E-state index in [0.717, 1.165) is 0 Å². The predicted octanol–water partition coefficient (Wildman–Crippen LogP) is 0.921. The van der Waals surface area contributed by atoms with Gasteiger partial charge in [-0.25, -0.2) is 8.42 Å². The molecule has 0 spiro atoms. The highest BCUT2D eigenvalue weighted by molar-refractivity contribution is 7.89. The van der Waals surface area contributed by atoms with E-state index in [1.54, 1.807) is 0 Å². The van der Waals surface area contributed by atoms with Crippen molar-refractivity contribution in [3.05, 3.63) is 11.4 Å². The monoisotopic (exact) mass is 355 g/mol. The summed E-state index contributed by atoms with van der Waals surface area (Å²) in [5.74, 6) is -5.71. The van der Waals surface area contributed by atoms with E-state index in [0.29, 0.717) is 4.31 Å². The van der Waals surface area contributed by atoms with Crippen LogP contribution in [0, 0.1) is 25.7 Å². The second-order valence-corrected chi connectivity index (χ2v) is 7.41. The van der Waals surface area contributed by atoms with Gasteiger partial charge in [-0.15, -0.1) is 0 Å². The number of aromatic nitrogens is 2. The number of sulfonamides is 1. The third kappa shape index (κ3) is 2.94. The molecule has 1 N–H and O–H groups in total. The molecular formula is C12H16F3N3O4S. The summed E-state index contributed by atoms with van der Waals surface area (Å²) < 4.78 is 66.2. The Morgan fingerprint density at radius 1 is 1.30 bits per heavy atom. The molecule has 2 rings (SSSR count). The highest BCUT2D eigenvalue weighted by Crippen LogP contribution is 2.40. The van der Waals surface area contributed by atoms with E-state index < -0.39 is 47.1 Å². The maximum Gasteiger partial charge on any atom is 0.393 e. The molecule has 130 valence electrons. The van der Waals surface area contributed by atoms with Crippen LogP contribution in [0.1, 0.15) is 11.4 Å². The van der Waals surface area contributed by atoms with Gasteiger partial charge in [-0.2, -0.15) is 22.6 Å². The lowest BCUT2D eigenvalue weighted by Gasteiger charge is -2.18. The summed E-state index contributed by atoms with van der Waals surface area (Å²) in [6, 6.07) is 0. The maximum atomic E-state index is 13.0. The summed E-state index contributed by atoms with van der Waals surface area (Å²) in [6.07, 6.45) is -4.79. The molecule has 0 aromatic carbocycles. The van der Waals surface area contributed by atoms with Gasteiger partial charge in [0.15, 0.2) is 0 Å². The summed E-state index contributed by atoms with van der Waals surface area (Å²) in [5, 5.41) is 12.9. The first-order valence-corrected chi connectivity index (χ1v) is 8.11. The average Bonchev–Trinajstić information content (AvgIpc) is 2.92. The summed E-state index contributed by atoms with van der Waals surface area (Å²) in [4.78, 5) is 10.9. The molecule has 0 bridgehead atoms. The molecule has 2 atom stereocenters. The third-order valence-corrected chi connectivity index (χ3v) is 6.15. The van der Waals surface area contributed by atoms with E-state index in [9.17, 15) is 26.4 Å². The Kier molecular flexibility index (Phi) is 4.22. The van der Waals surface area contributed by atoms with Gasteiger partial charge in [0.05, 0.1) is 23.2 Å². The lowest BCUT2D eigenvalue weighted by atomic mass is 9.96. The number of carboxylic acid groups (broad SMARTS) is 1. The number of carbonyl (C=O) groups is 1. The number of carboxylic acids is 1. The minimum absolute atomic E-state index is 0.160. The van der Waals surface area contributed by atoms with Crippen molar-refractivity contribution in [2.45, 2.75) is 24.9 Å². The molecule has 1 fully saturated rings. The van der Waals surface area contributed by atoms with Crippen molar-refractivity contribution in [1.29, 1.82) is 0 Å². The number of alkyl halides is 3. The molecule has 0 aliphatic carbocycles. The van der Waals surface area contributed by atoms with E-state index in [4.69, 9.17) is 5.11 Å². The van der Waals surface area contributed by atoms with Crippen LogP contribution in [-0.2, 0) is 21.9 Å². The molecule has 7 nitrogen and oxygen atoms in total. The zero-order valence-electron chi connectivity index (χ0n) is 12.6. The van der Waals surface area contributed by atoms with Crippen molar-refractivity contribution in [3.8, 4) is 0 Å². The Labute approximate surface area is 130 Å². The molecule has 1 aromatic heterocycles. The molecule has 11 heteroatoms. The van der Waals surface area contributed by atoms with Gasteiger partial charge in [0.25, 0.3) is 0 Å². The summed E-state index contributed by atoms with van der Waals surface area (Å²) in [5.41, 5.74) is 0.442. The van der Waals surface area contributed by atoms with Crippen molar-refractivity contribution in [3.63, 3.8) is 0 Å². The number of aliphatic carboxylic acids is 1. The van der Waals surface area contributed by atoms with Gasteiger partial charge < -0.3 is 5.11 Å². The van der Waals surface area contributed by atoms with E-state index in [-0.39, 0.29) is 16.3 Å². The van der Waals surface area contributed by atoms with Crippen molar-refractivity contribution in [2.75, 3.05) is 13.1 Å². The highest BCUT2D eigenvalue weighted by atomic mass is 32.2. The number of nitrogens with zero attached hydrogens (tertiary/aromatic N) is 3. The fourth-order valence-corrected chi connectivity index (χ4v) is 4.69. The van der Waals surface area contributed by atoms with Gasteiger partial charge in [0, 0.05) is 20.1 Å². The van der Waals surface area contributed by atoms with Gasteiger partial charge in [0.2, 0.25) is 10.0 Å². The number of hydrogen-bond acceptors (Lipinski definition) is 4. The van der Waals surface area contributed by atoms with Crippen LogP contribution in [0.15, 0.2) is 4.90 Å². The van der Waals surface area contributed by atoms with Gasteiger partial charge in [0.1, 0.15) is 4.90 Å². The topological polar surface area (TPSA) is 92.5 Å². The average molecular weight is 355 g/mol. The zero-order valence-corrected chi connectivity index (χ0v) is 13.4. The molecule has 1 aliphatic heterocycles. The van der Waals surface area contributed by atoms with Gasteiger partial charge in [-0.05, 0) is 13.8 Å². The minimum Gasteiger partial charge on any atom is -0.481 e. The molecule has 23 heavy (non-hydrogen) atoms. The van der Waals surface area contributed by atoms with Crippen LogP contribution in [0.5, 0.6) is 0 Å². The standard InChI is InChI=1S/C12H16F3N3O4S/c1-6-10(7(2)17(3)16-6)23(21,22)18-4-8(11(19)20)9(5-18)12(13,14)15/h8-9H,4-5H2,1-3H3,(H,19,20)/t8-,9-/m1/s1. The van der Waals surface area contributed by atoms with Gasteiger partial charge >= 0.3 is 12.1 Å². The molecule has 0 saturated carbocycles. The summed E-state index contributed by atoms with van der Waals surface area (Å²) in [6.45, 7) is 1.30. The first-order valence-electron chi connectivity index (χ1n) is 6.67. The number of rotatable bonds is 3. The van der Waals surface area contributed by atoms with Crippen molar-refractivity contribution >= 4 is 16.0 Å². The van der Waals surface area contributed by atoms with Crippen LogP contribution in [0.25, 0.3) is 0 Å². The van der Waals surface area contributed by atoms with Crippen LogP contribution in [0.4, 0.5) is 13.2 Å². The highest BCUT2D eigenvalue weighted by Gasteiger charge is 2.55. The molecule has 0 unspecified atom stereocenters. The van der Waals surface area contributed by atoms with Crippen LogP contribution in [0.2, 0.25) is 0 Å². The minimum atomic E-state index is -4.79. The van der Waals surface area contributed by atoms with E-state index in [1.165, 1.54) is 25.6 Å². The van der Waals surface area contributed by atoms with Crippen LogP contribution >= 0.6 is 0 Å². The molecule has 1 aliphatic rings. The van der Waals surface area contributed by atoms with Crippen molar-refractivity contribution in [1.82, 2.24) is 14.1 Å².